The summed E-state index contributed by atoms with van der Waals surface area (Å²) in [5.74, 6) is -0.299. The van der Waals surface area contributed by atoms with E-state index in [1.54, 1.807) is 12.3 Å². The van der Waals surface area contributed by atoms with Crippen LogP contribution in [0, 0.1) is 5.82 Å². The summed E-state index contributed by atoms with van der Waals surface area (Å²) in [4.78, 5) is 4.08. The number of phenolic OH excluding ortho intramolecular Hbond substituents is 1. The van der Waals surface area contributed by atoms with Crippen LogP contribution >= 0.6 is 15.9 Å². The molecule has 1 heterocycles. The van der Waals surface area contributed by atoms with Crippen LogP contribution in [-0.2, 0) is 0 Å². The molecule has 1 atom stereocenters. The van der Waals surface area contributed by atoms with Gasteiger partial charge in [-0.15, -0.1) is 0 Å². The Labute approximate surface area is 113 Å². The van der Waals surface area contributed by atoms with Crippen molar-refractivity contribution < 1.29 is 9.50 Å². The number of benzene rings is 1. The first kappa shape index (κ1) is 12.8. The minimum Gasteiger partial charge on any atom is -0.508 e. The lowest BCUT2D eigenvalue weighted by Crippen LogP contribution is -2.07. The average Bonchev–Trinajstić information content (AvgIpc) is 2.35. The van der Waals surface area contributed by atoms with Gasteiger partial charge in [0.25, 0.3) is 0 Å². The van der Waals surface area contributed by atoms with Crippen molar-refractivity contribution in [3.05, 3.63) is 52.5 Å². The fraction of sp³-hybridized carbons (Fsp3) is 0.154. The van der Waals surface area contributed by atoms with Crippen LogP contribution < -0.4 is 5.32 Å². The summed E-state index contributed by atoms with van der Waals surface area (Å²) >= 11 is 3.25. The van der Waals surface area contributed by atoms with Gasteiger partial charge in [-0.1, -0.05) is 0 Å². The summed E-state index contributed by atoms with van der Waals surface area (Å²) in [6.45, 7) is 1.84. The van der Waals surface area contributed by atoms with Crippen LogP contribution in [0.2, 0.25) is 0 Å². The highest BCUT2D eigenvalue weighted by Gasteiger charge is 2.11. The molecule has 2 rings (SSSR count). The van der Waals surface area contributed by atoms with Crippen LogP contribution in [0.15, 0.2) is 41.1 Å². The van der Waals surface area contributed by atoms with Crippen LogP contribution in [0.5, 0.6) is 5.75 Å². The van der Waals surface area contributed by atoms with Gasteiger partial charge in [-0.05, 0) is 53.2 Å². The van der Waals surface area contributed by atoms with Gasteiger partial charge in [0.15, 0.2) is 0 Å². The summed E-state index contributed by atoms with van der Waals surface area (Å²) in [5.41, 5.74) is 1.31. The zero-order valence-electron chi connectivity index (χ0n) is 9.69. The first-order valence-corrected chi connectivity index (χ1v) is 6.22. The van der Waals surface area contributed by atoms with Gasteiger partial charge in [0.2, 0.25) is 0 Å². The minimum absolute atomic E-state index is 0.0708. The zero-order chi connectivity index (χ0) is 13.1. The second-order valence-electron chi connectivity index (χ2n) is 3.94. The maximum Gasteiger partial charge on any atom is 0.123 e. The summed E-state index contributed by atoms with van der Waals surface area (Å²) < 4.78 is 13.9. The van der Waals surface area contributed by atoms with E-state index in [4.69, 9.17) is 0 Å². The molecular weight excluding hydrogens is 299 g/mol. The number of halogens is 2. The highest BCUT2D eigenvalue weighted by atomic mass is 79.9. The first-order valence-electron chi connectivity index (χ1n) is 5.43. The molecule has 5 heteroatoms. The first-order chi connectivity index (χ1) is 8.56. The van der Waals surface area contributed by atoms with Crippen molar-refractivity contribution in [2.24, 2.45) is 0 Å². The number of phenols is 1. The van der Waals surface area contributed by atoms with E-state index >= 15 is 0 Å². The SMILES string of the molecule is CC(Nc1ccc(Br)nc1)c1cc(F)ccc1O. The highest BCUT2D eigenvalue weighted by Crippen LogP contribution is 2.27. The molecule has 0 spiro atoms. The van der Waals surface area contributed by atoms with Gasteiger partial charge in [0.1, 0.15) is 16.2 Å². The molecule has 0 bridgehead atoms. The number of pyridine rings is 1. The van der Waals surface area contributed by atoms with E-state index in [-0.39, 0.29) is 17.6 Å². The van der Waals surface area contributed by atoms with E-state index in [1.807, 2.05) is 13.0 Å². The number of aromatic hydroxyl groups is 1. The normalized spacial score (nSPS) is 12.2. The molecule has 0 aliphatic heterocycles. The quantitative estimate of drug-likeness (QED) is 0.846. The molecule has 0 radical (unpaired) electrons. The maximum atomic E-state index is 13.1. The smallest absolute Gasteiger partial charge is 0.123 e. The van der Waals surface area contributed by atoms with Crippen LogP contribution in [0.4, 0.5) is 10.1 Å². The third-order valence-corrected chi connectivity index (χ3v) is 3.04. The van der Waals surface area contributed by atoms with Crippen molar-refractivity contribution in [3.63, 3.8) is 0 Å². The van der Waals surface area contributed by atoms with Crippen molar-refractivity contribution in [1.29, 1.82) is 0 Å². The van der Waals surface area contributed by atoms with Gasteiger partial charge >= 0.3 is 0 Å². The van der Waals surface area contributed by atoms with E-state index in [1.165, 1.54) is 18.2 Å². The molecule has 0 saturated carbocycles. The molecule has 3 nitrogen and oxygen atoms in total. The lowest BCUT2D eigenvalue weighted by Gasteiger charge is -2.16. The predicted octanol–water partition coefficient (Wildman–Crippen LogP) is 3.86. The molecule has 2 N–H and O–H groups in total. The predicted molar refractivity (Wildman–Crippen MR) is 72.0 cm³/mol. The van der Waals surface area contributed by atoms with Crippen LogP contribution in [0.1, 0.15) is 18.5 Å². The van der Waals surface area contributed by atoms with Crippen molar-refractivity contribution in [2.75, 3.05) is 5.32 Å². The van der Waals surface area contributed by atoms with E-state index in [9.17, 15) is 9.50 Å². The molecule has 18 heavy (non-hydrogen) atoms. The largest absolute Gasteiger partial charge is 0.508 e. The highest BCUT2D eigenvalue weighted by molar-refractivity contribution is 9.10. The van der Waals surface area contributed by atoms with Crippen molar-refractivity contribution >= 4 is 21.6 Å². The number of hydrogen-bond donors (Lipinski definition) is 2. The van der Waals surface area contributed by atoms with Crippen LogP contribution in [0.3, 0.4) is 0 Å². The number of nitrogens with zero attached hydrogens (tertiary/aromatic N) is 1. The number of aromatic nitrogens is 1. The van der Waals surface area contributed by atoms with Crippen molar-refractivity contribution in [3.8, 4) is 5.75 Å². The molecule has 1 aromatic heterocycles. The van der Waals surface area contributed by atoms with Gasteiger partial charge in [0, 0.05) is 5.56 Å². The molecule has 0 fully saturated rings. The standard InChI is InChI=1S/C13H12BrFN2O/c1-8(11-6-9(15)2-4-12(11)18)17-10-3-5-13(14)16-7-10/h2-8,17-18H,1H3. The second-order valence-corrected chi connectivity index (χ2v) is 4.75. The van der Waals surface area contributed by atoms with Crippen LogP contribution in [-0.4, -0.2) is 10.1 Å². The number of rotatable bonds is 3. The van der Waals surface area contributed by atoms with E-state index in [2.05, 4.69) is 26.2 Å². The lowest BCUT2D eigenvalue weighted by atomic mass is 10.1. The molecular formula is C13H12BrFN2O. The Kier molecular flexibility index (Phi) is 3.81. The Morgan fingerprint density at radius 3 is 2.78 bits per heavy atom. The van der Waals surface area contributed by atoms with Crippen molar-refractivity contribution in [1.82, 2.24) is 4.98 Å². The van der Waals surface area contributed by atoms with Gasteiger partial charge in [-0.3, -0.25) is 0 Å². The van der Waals surface area contributed by atoms with E-state index < -0.39 is 0 Å². The Morgan fingerprint density at radius 1 is 1.33 bits per heavy atom. The topological polar surface area (TPSA) is 45.2 Å². The molecule has 2 aromatic rings. The number of hydrogen-bond acceptors (Lipinski definition) is 3. The summed E-state index contributed by atoms with van der Waals surface area (Å²) in [6.07, 6.45) is 1.66. The zero-order valence-corrected chi connectivity index (χ0v) is 11.3. The van der Waals surface area contributed by atoms with E-state index in [0.29, 0.717) is 5.56 Å². The van der Waals surface area contributed by atoms with Crippen molar-refractivity contribution in [2.45, 2.75) is 13.0 Å². The molecule has 1 aromatic carbocycles. The molecule has 0 amide bonds. The summed E-state index contributed by atoms with van der Waals surface area (Å²) in [7, 11) is 0. The fourth-order valence-electron chi connectivity index (χ4n) is 1.66. The summed E-state index contributed by atoms with van der Waals surface area (Å²) in [6, 6.07) is 7.34. The van der Waals surface area contributed by atoms with Gasteiger partial charge in [0.05, 0.1) is 17.9 Å². The van der Waals surface area contributed by atoms with Gasteiger partial charge in [-0.25, -0.2) is 9.37 Å². The lowest BCUT2D eigenvalue weighted by molar-refractivity contribution is 0.462. The number of nitrogens with one attached hydrogen (secondary N) is 1. The molecule has 94 valence electrons. The van der Waals surface area contributed by atoms with Crippen LogP contribution in [0.25, 0.3) is 0 Å². The number of anilines is 1. The Balaban J connectivity index is 2.18. The Morgan fingerprint density at radius 2 is 2.11 bits per heavy atom. The minimum atomic E-state index is -0.370. The second kappa shape index (κ2) is 5.35. The van der Waals surface area contributed by atoms with E-state index in [0.717, 1.165) is 10.3 Å². The fourth-order valence-corrected chi connectivity index (χ4v) is 1.90. The summed E-state index contributed by atoms with van der Waals surface area (Å²) in [5, 5.41) is 12.8. The maximum absolute atomic E-state index is 13.1. The Bertz CT molecular complexity index is 545. The Hall–Kier alpha value is -1.62. The average molecular weight is 311 g/mol. The van der Waals surface area contributed by atoms with Gasteiger partial charge in [-0.2, -0.15) is 0 Å². The third-order valence-electron chi connectivity index (χ3n) is 2.57. The monoisotopic (exact) mass is 310 g/mol. The molecule has 0 saturated heterocycles. The molecule has 1 unspecified atom stereocenters. The molecule has 0 aliphatic carbocycles. The third kappa shape index (κ3) is 2.98. The van der Waals surface area contributed by atoms with Gasteiger partial charge < -0.3 is 10.4 Å². The molecule has 0 aliphatic rings.